The Labute approximate surface area is 69.9 Å². The third-order valence-electron chi connectivity index (χ3n) is 0.982. The van der Waals surface area contributed by atoms with E-state index in [-0.39, 0.29) is 5.91 Å². The Morgan fingerprint density at radius 1 is 1.64 bits per heavy atom. The SMILES string of the molecule is CSCC(N)C(=O)NC(C)=O. The van der Waals surface area contributed by atoms with Crippen molar-refractivity contribution in [3.8, 4) is 0 Å². The molecular weight excluding hydrogens is 164 g/mol. The zero-order valence-corrected chi connectivity index (χ0v) is 7.40. The van der Waals surface area contributed by atoms with Crippen LogP contribution in [-0.4, -0.2) is 29.9 Å². The molecule has 0 aliphatic heterocycles. The lowest BCUT2D eigenvalue weighted by Gasteiger charge is -2.07. The quantitative estimate of drug-likeness (QED) is 0.598. The molecule has 4 nitrogen and oxygen atoms in total. The normalized spacial score (nSPS) is 12.3. The van der Waals surface area contributed by atoms with Gasteiger partial charge < -0.3 is 5.73 Å². The van der Waals surface area contributed by atoms with Gasteiger partial charge in [-0.05, 0) is 6.26 Å². The number of carbonyl (C=O) groups excluding carboxylic acids is 2. The van der Waals surface area contributed by atoms with Crippen LogP contribution in [0.15, 0.2) is 0 Å². The van der Waals surface area contributed by atoms with Gasteiger partial charge in [0.1, 0.15) is 0 Å². The molecule has 0 radical (unpaired) electrons. The van der Waals surface area contributed by atoms with Gasteiger partial charge in [0.2, 0.25) is 11.8 Å². The number of nitrogens with one attached hydrogen (secondary N) is 1. The van der Waals surface area contributed by atoms with Crippen molar-refractivity contribution in [3.05, 3.63) is 0 Å². The van der Waals surface area contributed by atoms with E-state index in [9.17, 15) is 9.59 Å². The van der Waals surface area contributed by atoms with Gasteiger partial charge in [-0.1, -0.05) is 0 Å². The van der Waals surface area contributed by atoms with Crippen molar-refractivity contribution in [2.24, 2.45) is 5.73 Å². The number of imide groups is 1. The van der Waals surface area contributed by atoms with E-state index < -0.39 is 11.9 Å². The topological polar surface area (TPSA) is 72.2 Å². The summed E-state index contributed by atoms with van der Waals surface area (Å²) in [4.78, 5) is 21.2. The molecule has 2 amide bonds. The lowest BCUT2D eigenvalue weighted by atomic mass is 10.3. The molecule has 0 aromatic heterocycles. The highest BCUT2D eigenvalue weighted by molar-refractivity contribution is 7.98. The van der Waals surface area contributed by atoms with Crippen LogP contribution in [0, 0.1) is 0 Å². The van der Waals surface area contributed by atoms with Crippen LogP contribution in [0.3, 0.4) is 0 Å². The maximum atomic E-state index is 10.9. The van der Waals surface area contributed by atoms with Gasteiger partial charge in [0.25, 0.3) is 0 Å². The van der Waals surface area contributed by atoms with E-state index in [1.54, 1.807) is 0 Å². The Kier molecular flexibility index (Phi) is 4.89. The Balaban J connectivity index is 3.73. The summed E-state index contributed by atoms with van der Waals surface area (Å²) in [6.45, 7) is 1.28. The number of amides is 2. The molecule has 0 aliphatic rings. The molecule has 64 valence electrons. The second-order valence-electron chi connectivity index (χ2n) is 2.11. The summed E-state index contributed by atoms with van der Waals surface area (Å²) < 4.78 is 0. The van der Waals surface area contributed by atoms with E-state index in [0.29, 0.717) is 5.75 Å². The molecule has 1 unspecified atom stereocenters. The van der Waals surface area contributed by atoms with Crippen LogP contribution in [0.5, 0.6) is 0 Å². The van der Waals surface area contributed by atoms with E-state index in [1.807, 2.05) is 6.26 Å². The highest BCUT2D eigenvalue weighted by atomic mass is 32.2. The molecule has 0 aromatic carbocycles. The molecule has 3 N–H and O–H groups in total. The lowest BCUT2D eigenvalue weighted by molar-refractivity contribution is -0.129. The summed E-state index contributed by atoms with van der Waals surface area (Å²) >= 11 is 1.47. The fraction of sp³-hybridized carbons (Fsp3) is 0.667. The van der Waals surface area contributed by atoms with Crippen LogP contribution in [-0.2, 0) is 9.59 Å². The van der Waals surface area contributed by atoms with Crippen molar-refractivity contribution in [2.45, 2.75) is 13.0 Å². The van der Waals surface area contributed by atoms with E-state index in [2.05, 4.69) is 5.32 Å². The summed E-state index contributed by atoms with van der Waals surface area (Å²) in [5.41, 5.74) is 5.39. The molecule has 1 atom stereocenters. The second-order valence-corrected chi connectivity index (χ2v) is 3.02. The molecule has 0 spiro atoms. The summed E-state index contributed by atoms with van der Waals surface area (Å²) in [6.07, 6.45) is 1.85. The van der Waals surface area contributed by atoms with E-state index >= 15 is 0 Å². The van der Waals surface area contributed by atoms with E-state index in [4.69, 9.17) is 5.73 Å². The van der Waals surface area contributed by atoms with Crippen molar-refractivity contribution in [1.29, 1.82) is 0 Å². The summed E-state index contributed by atoms with van der Waals surface area (Å²) in [6, 6.07) is -0.589. The Morgan fingerprint density at radius 3 is 2.55 bits per heavy atom. The Morgan fingerprint density at radius 2 is 2.18 bits per heavy atom. The third-order valence-corrected chi connectivity index (χ3v) is 1.67. The predicted molar refractivity (Wildman–Crippen MR) is 45.2 cm³/mol. The van der Waals surface area contributed by atoms with Gasteiger partial charge in [0.15, 0.2) is 0 Å². The van der Waals surface area contributed by atoms with Crippen molar-refractivity contribution in [2.75, 3.05) is 12.0 Å². The van der Waals surface area contributed by atoms with E-state index in [0.717, 1.165) is 0 Å². The number of carbonyl (C=O) groups is 2. The number of nitrogens with two attached hydrogens (primary N) is 1. The third kappa shape index (κ3) is 4.80. The van der Waals surface area contributed by atoms with Crippen LogP contribution in [0.1, 0.15) is 6.92 Å². The lowest BCUT2D eigenvalue weighted by Crippen LogP contribution is -2.44. The monoisotopic (exact) mass is 176 g/mol. The molecule has 0 aliphatic carbocycles. The minimum absolute atomic E-state index is 0.369. The molecule has 0 saturated carbocycles. The molecular formula is C6H12N2O2S. The number of hydrogen-bond acceptors (Lipinski definition) is 4. The average Bonchev–Trinajstić information content (AvgIpc) is 1.86. The molecule has 5 heteroatoms. The first-order valence-corrected chi connectivity index (χ1v) is 4.53. The van der Waals surface area contributed by atoms with Crippen molar-refractivity contribution >= 4 is 23.6 Å². The highest BCUT2D eigenvalue weighted by Gasteiger charge is 2.12. The van der Waals surface area contributed by atoms with Crippen LogP contribution >= 0.6 is 11.8 Å². The van der Waals surface area contributed by atoms with Crippen molar-refractivity contribution < 1.29 is 9.59 Å². The first kappa shape index (κ1) is 10.4. The minimum atomic E-state index is -0.589. The first-order valence-electron chi connectivity index (χ1n) is 3.14. The standard InChI is InChI=1S/C6H12N2O2S/c1-4(9)8-6(10)5(7)3-11-2/h5H,3,7H2,1-2H3,(H,8,9,10). The fourth-order valence-corrected chi connectivity index (χ4v) is 1.03. The van der Waals surface area contributed by atoms with Crippen LogP contribution in [0.25, 0.3) is 0 Å². The molecule has 11 heavy (non-hydrogen) atoms. The summed E-state index contributed by atoms with van der Waals surface area (Å²) in [5, 5.41) is 2.11. The van der Waals surface area contributed by atoms with Gasteiger partial charge in [0, 0.05) is 12.7 Å². The van der Waals surface area contributed by atoms with Crippen LogP contribution < -0.4 is 11.1 Å². The van der Waals surface area contributed by atoms with Crippen LogP contribution in [0.2, 0.25) is 0 Å². The zero-order valence-electron chi connectivity index (χ0n) is 6.59. The minimum Gasteiger partial charge on any atom is -0.319 e. The fourth-order valence-electron chi connectivity index (χ4n) is 0.521. The summed E-state index contributed by atoms with van der Waals surface area (Å²) in [7, 11) is 0. The van der Waals surface area contributed by atoms with Gasteiger partial charge >= 0.3 is 0 Å². The Hall–Kier alpha value is -0.550. The van der Waals surface area contributed by atoms with E-state index in [1.165, 1.54) is 18.7 Å². The van der Waals surface area contributed by atoms with Crippen molar-refractivity contribution in [3.63, 3.8) is 0 Å². The maximum Gasteiger partial charge on any atom is 0.244 e. The van der Waals surface area contributed by atoms with Gasteiger partial charge in [-0.25, -0.2) is 0 Å². The van der Waals surface area contributed by atoms with Gasteiger partial charge in [-0.2, -0.15) is 11.8 Å². The molecule has 0 bridgehead atoms. The molecule has 0 saturated heterocycles. The molecule has 0 heterocycles. The first-order chi connectivity index (χ1) is 5.07. The number of thioether (sulfide) groups is 1. The number of rotatable bonds is 3. The largest absolute Gasteiger partial charge is 0.319 e. The van der Waals surface area contributed by atoms with Crippen molar-refractivity contribution in [1.82, 2.24) is 5.32 Å². The van der Waals surface area contributed by atoms with Crippen LogP contribution in [0.4, 0.5) is 0 Å². The maximum absolute atomic E-state index is 10.9. The predicted octanol–water partition coefficient (Wildman–Crippen LogP) is -0.661. The van der Waals surface area contributed by atoms with Gasteiger partial charge in [0.05, 0.1) is 6.04 Å². The average molecular weight is 176 g/mol. The Bertz CT molecular complexity index is 161. The summed E-state index contributed by atoms with van der Waals surface area (Å²) in [5.74, 6) is -0.252. The molecule has 0 aromatic rings. The van der Waals surface area contributed by atoms with Gasteiger partial charge in [-0.3, -0.25) is 14.9 Å². The molecule has 0 fully saturated rings. The smallest absolute Gasteiger partial charge is 0.244 e. The molecule has 0 rings (SSSR count). The number of hydrogen-bond donors (Lipinski definition) is 2. The second kappa shape index (κ2) is 5.15. The highest BCUT2D eigenvalue weighted by Crippen LogP contribution is 1.93. The van der Waals surface area contributed by atoms with Gasteiger partial charge in [-0.15, -0.1) is 0 Å². The zero-order chi connectivity index (χ0) is 8.85.